The molecule has 0 spiro atoms. The molecule has 0 saturated carbocycles. The van der Waals surface area contributed by atoms with Gasteiger partial charge in [-0.25, -0.2) is 0 Å². The predicted molar refractivity (Wildman–Crippen MR) is 37.1 cm³/mol. The van der Waals surface area contributed by atoms with Gasteiger partial charge in [0.2, 0.25) is 0 Å². The zero-order valence-corrected chi connectivity index (χ0v) is 5.92. The molecule has 0 amide bonds. The summed E-state index contributed by atoms with van der Waals surface area (Å²) in [5.41, 5.74) is 0. The van der Waals surface area contributed by atoms with E-state index in [0.717, 1.165) is 6.42 Å². The van der Waals surface area contributed by atoms with Crippen molar-refractivity contribution >= 4 is 5.78 Å². The minimum Gasteiger partial charge on any atom is -0.295 e. The molecule has 0 N–H and O–H groups in total. The van der Waals surface area contributed by atoms with Gasteiger partial charge in [0.1, 0.15) is 0 Å². The van der Waals surface area contributed by atoms with Crippen molar-refractivity contribution in [2.75, 3.05) is 0 Å². The molecule has 0 bridgehead atoms. The van der Waals surface area contributed by atoms with E-state index < -0.39 is 0 Å². The van der Waals surface area contributed by atoms with E-state index in [9.17, 15) is 4.79 Å². The van der Waals surface area contributed by atoms with Crippen LogP contribution in [0.1, 0.15) is 20.3 Å². The van der Waals surface area contributed by atoms with Crippen molar-refractivity contribution in [2.45, 2.75) is 20.3 Å². The average molecular weight is 124 g/mol. The Kier molecular flexibility index (Phi) is 1.70. The van der Waals surface area contributed by atoms with Crippen LogP contribution in [0.4, 0.5) is 0 Å². The highest BCUT2D eigenvalue weighted by molar-refractivity contribution is 5.90. The Hall–Kier alpha value is -0.590. The fraction of sp³-hybridized carbons (Fsp3) is 0.625. The molecule has 0 heterocycles. The van der Waals surface area contributed by atoms with Crippen molar-refractivity contribution in [1.82, 2.24) is 0 Å². The largest absolute Gasteiger partial charge is 0.295 e. The first-order valence-electron chi connectivity index (χ1n) is 3.41. The molecule has 1 nitrogen and oxygen atoms in total. The normalized spacial score (nSPS) is 35.1. The molecule has 1 heteroatoms. The molecule has 9 heavy (non-hydrogen) atoms. The smallest absolute Gasteiger partial charge is 0.155 e. The summed E-state index contributed by atoms with van der Waals surface area (Å²) in [6.45, 7) is 4.26. The van der Waals surface area contributed by atoms with Gasteiger partial charge in [0.25, 0.3) is 0 Å². The van der Waals surface area contributed by atoms with E-state index in [1.807, 2.05) is 6.08 Å². The monoisotopic (exact) mass is 124 g/mol. The van der Waals surface area contributed by atoms with Crippen LogP contribution in [-0.4, -0.2) is 5.78 Å². The Labute approximate surface area is 55.8 Å². The van der Waals surface area contributed by atoms with Gasteiger partial charge in [-0.05, 0) is 17.9 Å². The molecule has 0 radical (unpaired) electrons. The maximum absolute atomic E-state index is 10.7. The molecular formula is C8H12O. The minimum atomic E-state index is 0.278. The molecular weight excluding hydrogens is 112 g/mol. The predicted octanol–water partition coefficient (Wildman–Crippen LogP) is 1.79. The number of ketones is 1. The van der Waals surface area contributed by atoms with Crippen LogP contribution in [0.25, 0.3) is 0 Å². The van der Waals surface area contributed by atoms with Crippen molar-refractivity contribution in [1.29, 1.82) is 0 Å². The van der Waals surface area contributed by atoms with E-state index in [2.05, 4.69) is 13.8 Å². The lowest BCUT2D eigenvalue weighted by molar-refractivity contribution is -0.116. The van der Waals surface area contributed by atoms with Crippen LogP contribution in [0, 0.1) is 11.8 Å². The highest BCUT2D eigenvalue weighted by atomic mass is 16.1. The molecule has 1 rings (SSSR count). The van der Waals surface area contributed by atoms with Crippen LogP contribution in [-0.2, 0) is 4.79 Å². The average Bonchev–Trinajstić information content (AvgIpc) is 1.80. The lowest BCUT2D eigenvalue weighted by Crippen LogP contribution is -2.14. The molecule has 0 aromatic rings. The summed E-state index contributed by atoms with van der Waals surface area (Å²) in [6.07, 6.45) is 4.43. The van der Waals surface area contributed by atoms with Crippen LogP contribution in [0.5, 0.6) is 0 Å². The van der Waals surface area contributed by atoms with Gasteiger partial charge in [-0.3, -0.25) is 4.79 Å². The summed E-state index contributed by atoms with van der Waals surface area (Å²) in [7, 11) is 0. The molecule has 0 unspecified atom stereocenters. The minimum absolute atomic E-state index is 0.278. The molecule has 1 aliphatic carbocycles. The van der Waals surface area contributed by atoms with Crippen LogP contribution in [0.2, 0.25) is 0 Å². The summed E-state index contributed by atoms with van der Waals surface area (Å²) in [5, 5.41) is 0. The molecule has 0 saturated heterocycles. The summed E-state index contributed by atoms with van der Waals surface area (Å²) in [5.74, 6) is 1.41. The van der Waals surface area contributed by atoms with Gasteiger partial charge in [0.15, 0.2) is 5.78 Å². The highest BCUT2D eigenvalue weighted by Crippen LogP contribution is 2.20. The molecule has 0 aromatic heterocycles. The molecule has 1 aliphatic rings. The molecule has 0 aliphatic heterocycles. The quantitative estimate of drug-likeness (QED) is 0.481. The second-order valence-corrected chi connectivity index (χ2v) is 2.87. The van der Waals surface area contributed by atoms with Crippen LogP contribution < -0.4 is 0 Å². The van der Waals surface area contributed by atoms with E-state index in [4.69, 9.17) is 0 Å². The number of hydrogen-bond donors (Lipinski definition) is 0. The molecule has 0 fully saturated rings. The SMILES string of the molecule is C[C@@H]1C=CC(=O)C[C@@H]1C. The van der Waals surface area contributed by atoms with Gasteiger partial charge in [-0.1, -0.05) is 19.9 Å². The number of rotatable bonds is 0. The van der Waals surface area contributed by atoms with Crippen molar-refractivity contribution in [3.05, 3.63) is 12.2 Å². The van der Waals surface area contributed by atoms with Crippen LogP contribution >= 0.6 is 0 Å². The van der Waals surface area contributed by atoms with Gasteiger partial charge in [-0.15, -0.1) is 0 Å². The first-order chi connectivity index (χ1) is 4.20. The third-order valence-corrected chi connectivity index (χ3v) is 2.01. The third-order valence-electron chi connectivity index (χ3n) is 2.01. The fourth-order valence-electron chi connectivity index (χ4n) is 1.02. The zero-order chi connectivity index (χ0) is 6.85. The maximum Gasteiger partial charge on any atom is 0.155 e. The van der Waals surface area contributed by atoms with E-state index >= 15 is 0 Å². The molecule has 50 valence electrons. The van der Waals surface area contributed by atoms with Crippen molar-refractivity contribution in [3.8, 4) is 0 Å². The standard InChI is InChI=1S/C8H12O/c1-6-3-4-8(9)5-7(6)2/h3-4,6-7H,5H2,1-2H3/t6-,7+/m1/s1. The second kappa shape index (κ2) is 2.34. The first-order valence-corrected chi connectivity index (χ1v) is 3.41. The van der Waals surface area contributed by atoms with Gasteiger partial charge in [0.05, 0.1) is 0 Å². The summed E-state index contributed by atoms with van der Waals surface area (Å²) >= 11 is 0. The number of hydrogen-bond acceptors (Lipinski definition) is 1. The lowest BCUT2D eigenvalue weighted by Gasteiger charge is -2.18. The third kappa shape index (κ3) is 1.41. The molecule has 0 aromatic carbocycles. The van der Waals surface area contributed by atoms with Crippen molar-refractivity contribution in [2.24, 2.45) is 11.8 Å². The number of allylic oxidation sites excluding steroid dienone is 2. The zero-order valence-electron chi connectivity index (χ0n) is 5.92. The Bertz CT molecular complexity index is 147. The van der Waals surface area contributed by atoms with Gasteiger partial charge in [0, 0.05) is 6.42 Å². The summed E-state index contributed by atoms with van der Waals surface area (Å²) in [6, 6.07) is 0. The Balaban J connectivity index is 2.65. The first kappa shape index (κ1) is 6.53. The topological polar surface area (TPSA) is 17.1 Å². The molecule has 2 atom stereocenters. The number of carbonyl (C=O) groups excluding carboxylic acids is 1. The fourth-order valence-corrected chi connectivity index (χ4v) is 1.02. The van der Waals surface area contributed by atoms with E-state index in [-0.39, 0.29) is 5.78 Å². The van der Waals surface area contributed by atoms with E-state index in [1.54, 1.807) is 6.08 Å². The Morgan fingerprint density at radius 2 is 2.22 bits per heavy atom. The highest BCUT2D eigenvalue weighted by Gasteiger charge is 2.16. The van der Waals surface area contributed by atoms with Crippen LogP contribution in [0.3, 0.4) is 0 Å². The van der Waals surface area contributed by atoms with Crippen LogP contribution in [0.15, 0.2) is 12.2 Å². The van der Waals surface area contributed by atoms with Crippen molar-refractivity contribution < 1.29 is 4.79 Å². The summed E-state index contributed by atoms with van der Waals surface area (Å²) < 4.78 is 0. The summed E-state index contributed by atoms with van der Waals surface area (Å²) in [4.78, 5) is 10.7. The Morgan fingerprint density at radius 1 is 1.56 bits per heavy atom. The van der Waals surface area contributed by atoms with E-state index in [0.29, 0.717) is 11.8 Å². The van der Waals surface area contributed by atoms with Gasteiger partial charge >= 0.3 is 0 Å². The lowest BCUT2D eigenvalue weighted by atomic mass is 9.86. The maximum atomic E-state index is 10.7. The van der Waals surface area contributed by atoms with Gasteiger partial charge < -0.3 is 0 Å². The van der Waals surface area contributed by atoms with Gasteiger partial charge in [-0.2, -0.15) is 0 Å². The van der Waals surface area contributed by atoms with Crippen molar-refractivity contribution in [3.63, 3.8) is 0 Å². The van der Waals surface area contributed by atoms with E-state index in [1.165, 1.54) is 0 Å². The second-order valence-electron chi connectivity index (χ2n) is 2.87. The number of carbonyl (C=O) groups is 1. The Morgan fingerprint density at radius 3 is 2.67 bits per heavy atom.